The van der Waals surface area contributed by atoms with Gasteiger partial charge >= 0.3 is 0 Å². The van der Waals surface area contributed by atoms with Gasteiger partial charge in [-0.25, -0.2) is 8.78 Å². The topological polar surface area (TPSA) is 41.5 Å². The van der Waals surface area contributed by atoms with Gasteiger partial charge < -0.3 is 15.2 Å². The molecule has 2 N–H and O–H groups in total. The van der Waals surface area contributed by atoms with Crippen LogP contribution >= 0.6 is 0 Å². The third-order valence-corrected chi connectivity index (χ3v) is 3.10. The average molecular weight is 271 g/mol. The van der Waals surface area contributed by atoms with E-state index in [1.165, 1.54) is 0 Å². The fourth-order valence-electron chi connectivity index (χ4n) is 2.23. The van der Waals surface area contributed by atoms with Crippen molar-refractivity contribution in [1.29, 1.82) is 0 Å². The molecule has 1 aliphatic heterocycles. The SMILES string of the molecule is CC1(C)Cc2cc(CNCC(O)C(F)F)ccc2O1. The summed E-state index contributed by atoms with van der Waals surface area (Å²) in [5, 5.41) is 11.8. The van der Waals surface area contributed by atoms with Gasteiger partial charge in [-0.1, -0.05) is 12.1 Å². The lowest BCUT2D eigenvalue weighted by Gasteiger charge is -2.16. The van der Waals surface area contributed by atoms with Gasteiger partial charge in [0.05, 0.1) is 0 Å². The first-order valence-electron chi connectivity index (χ1n) is 6.35. The molecule has 1 atom stereocenters. The Balaban J connectivity index is 1.90. The van der Waals surface area contributed by atoms with E-state index in [1.54, 1.807) is 0 Å². The Hall–Kier alpha value is -1.20. The number of hydrogen-bond acceptors (Lipinski definition) is 3. The van der Waals surface area contributed by atoms with Crippen LogP contribution in [-0.2, 0) is 13.0 Å². The van der Waals surface area contributed by atoms with Gasteiger partial charge in [-0.15, -0.1) is 0 Å². The maximum atomic E-state index is 12.1. The first-order chi connectivity index (χ1) is 8.87. The van der Waals surface area contributed by atoms with E-state index in [-0.39, 0.29) is 12.1 Å². The van der Waals surface area contributed by atoms with Crippen LogP contribution in [0.25, 0.3) is 0 Å². The molecule has 0 fully saturated rings. The third-order valence-electron chi connectivity index (χ3n) is 3.10. The first kappa shape index (κ1) is 14.2. The molecule has 2 rings (SSSR count). The maximum Gasteiger partial charge on any atom is 0.265 e. The Labute approximate surface area is 111 Å². The molecule has 1 aromatic rings. The summed E-state index contributed by atoms with van der Waals surface area (Å²) in [6.45, 7) is 4.40. The molecule has 0 amide bonds. The van der Waals surface area contributed by atoms with E-state index < -0.39 is 12.5 Å². The van der Waals surface area contributed by atoms with Crippen LogP contribution in [0.5, 0.6) is 5.75 Å². The summed E-state index contributed by atoms with van der Waals surface area (Å²) in [5.74, 6) is 0.890. The molecule has 1 heterocycles. The third kappa shape index (κ3) is 3.64. The van der Waals surface area contributed by atoms with E-state index >= 15 is 0 Å². The highest BCUT2D eigenvalue weighted by molar-refractivity contribution is 5.41. The predicted octanol–water partition coefficient (Wildman–Crippen LogP) is 2.12. The number of alkyl halides is 2. The minimum absolute atomic E-state index is 0.114. The molecule has 0 saturated carbocycles. The molecule has 19 heavy (non-hydrogen) atoms. The highest BCUT2D eigenvalue weighted by Crippen LogP contribution is 2.35. The molecule has 1 aliphatic rings. The van der Waals surface area contributed by atoms with E-state index in [2.05, 4.69) is 5.32 Å². The lowest BCUT2D eigenvalue weighted by molar-refractivity contribution is -0.00340. The van der Waals surface area contributed by atoms with Crippen LogP contribution < -0.4 is 10.1 Å². The lowest BCUT2D eigenvalue weighted by Crippen LogP contribution is -2.31. The summed E-state index contributed by atoms with van der Waals surface area (Å²) < 4.78 is 30.0. The van der Waals surface area contributed by atoms with Crippen LogP contribution in [0.4, 0.5) is 8.78 Å². The predicted molar refractivity (Wildman–Crippen MR) is 68.6 cm³/mol. The average Bonchev–Trinajstić information content (AvgIpc) is 2.61. The van der Waals surface area contributed by atoms with Gasteiger partial charge in [0.15, 0.2) is 0 Å². The van der Waals surface area contributed by atoms with Gasteiger partial charge in [0.25, 0.3) is 6.43 Å². The fourth-order valence-corrected chi connectivity index (χ4v) is 2.23. The number of benzene rings is 1. The van der Waals surface area contributed by atoms with Crippen molar-refractivity contribution in [1.82, 2.24) is 5.32 Å². The molecule has 0 radical (unpaired) electrons. The zero-order valence-corrected chi connectivity index (χ0v) is 11.1. The molecule has 0 aromatic heterocycles. The second kappa shape index (κ2) is 5.43. The Kier molecular flexibility index (Phi) is 4.06. The largest absolute Gasteiger partial charge is 0.487 e. The first-order valence-corrected chi connectivity index (χ1v) is 6.35. The minimum atomic E-state index is -2.71. The van der Waals surface area contributed by atoms with E-state index in [9.17, 15) is 8.78 Å². The number of fused-ring (bicyclic) bond motifs is 1. The molecule has 0 bridgehead atoms. The highest BCUT2D eigenvalue weighted by Gasteiger charge is 2.29. The fraction of sp³-hybridized carbons (Fsp3) is 0.571. The van der Waals surface area contributed by atoms with E-state index in [0.717, 1.165) is 23.3 Å². The Morgan fingerprint density at radius 2 is 2.16 bits per heavy atom. The highest BCUT2D eigenvalue weighted by atomic mass is 19.3. The van der Waals surface area contributed by atoms with E-state index in [0.29, 0.717) is 6.54 Å². The van der Waals surface area contributed by atoms with Gasteiger partial charge in [0.1, 0.15) is 17.5 Å². The van der Waals surface area contributed by atoms with Crippen molar-refractivity contribution in [2.24, 2.45) is 0 Å². The quantitative estimate of drug-likeness (QED) is 0.862. The summed E-state index contributed by atoms with van der Waals surface area (Å²) in [6, 6.07) is 5.83. The second-order valence-corrected chi connectivity index (χ2v) is 5.51. The molecule has 5 heteroatoms. The van der Waals surface area contributed by atoms with Crippen molar-refractivity contribution >= 4 is 0 Å². The number of aliphatic hydroxyl groups is 1. The zero-order valence-electron chi connectivity index (χ0n) is 11.1. The summed E-state index contributed by atoms with van der Waals surface area (Å²) in [4.78, 5) is 0. The van der Waals surface area contributed by atoms with Crippen molar-refractivity contribution in [3.63, 3.8) is 0 Å². The number of aliphatic hydroxyl groups excluding tert-OH is 1. The van der Waals surface area contributed by atoms with Crippen molar-refractivity contribution in [3.05, 3.63) is 29.3 Å². The Morgan fingerprint density at radius 3 is 2.84 bits per heavy atom. The molecule has 3 nitrogen and oxygen atoms in total. The Bertz CT molecular complexity index is 449. The summed E-state index contributed by atoms with van der Waals surface area (Å²) in [7, 11) is 0. The lowest BCUT2D eigenvalue weighted by atomic mass is 10.0. The zero-order chi connectivity index (χ0) is 14.0. The monoisotopic (exact) mass is 271 g/mol. The number of nitrogens with one attached hydrogen (secondary N) is 1. The van der Waals surface area contributed by atoms with Crippen LogP contribution in [0.3, 0.4) is 0 Å². The molecule has 0 saturated heterocycles. The Morgan fingerprint density at radius 1 is 1.42 bits per heavy atom. The van der Waals surface area contributed by atoms with Crippen LogP contribution in [0.15, 0.2) is 18.2 Å². The van der Waals surface area contributed by atoms with Gasteiger partial charge in [0.2, 0.25) is 0 Å². The number of ether oxygens (including phenoxy) is 1. The van der Waals surface area contributed by atoms with Crippen LogP contribution in [-0.4, -0.2) is 29.8 Å². The van der Waals surface area contributed by atoms with Gasteiger partial charge in [-0.2, -0.15) is 0 Å². The summed E-state index contributed by atoms with van der Waals surface area (Å²) in [6.07, 6.45) is -3.48. The van der Waals surface area contributed by atoms with Crippen LogP contribution in [0.2, 0.25) is 0 Å². The normalized spacial score (nSPS) is 18.2. The van der Waals surface area contributed by atoms with Gasteiger partial charge in [-0.05, 0) is 31.0 Å². The standard InChI is InChI=1S/C14H19F2NO2/c1-14(2)6-10-5-9(3-4-12(10)19-14)7-17-8-11(18)13(15)16/h3-5,11,13,17-18H,6-8H2,1-2H3. The summed E-state index contributed by atoms with van der Waals surface area (Å²) >= 11 is 0. The van der Waals surface area contributed by atoms with Crippen molar-refractivity contribution in [2.75, 3.05) is 6.54 Å². The van der Waals surface area contributed by atoms with Gasteiger partial charge in [-0.3, -0.25) is 0 Å². The van der Waals surface area contributed by atoms with E-state index in [4.69, 9.17) is 9.84 Å². The maximum absolute atomic E-state index is 12.1. The molecule has 0 spiro atoms. The van der Waals surface area contributed by atoms with Crippen molar-refractivity contribution in [2.45, 2.75) is 44.9 Å². The van der Waals surface area contributed by atoms with Crippen molar-refractivity contribution in [3.8, 4) is 5.75 Å². The molecule has 106 valence electrons. The smallest absolute Gasteiger partial charge is 0.265 e. The number of rotatable bonds is 5. The summed E-state index contributed by atoms with van der Waals surface area (Å²) in [5.41, 5.74) is 1.96. The molecule has 0 aliphatic carbocycles. The number of halogens is 2. The second-order valence-electron chi connectivity index (χ2n) is 5.51. The molecular formula is C14H19F2NO2. The molecular weight excluding hydrogens is 252 g/mol. The van der Waals surface area contributed by atoms with Gasteiger partial charge in [0, 0.05) is 19.5 Å². The van der Waals surface area contributed by atoms with Crippen molar-refractivity contribution < 1.29 is 18.6 Å². The molecule has 1 unspecified atom stereocenters. The van der Waals surface area contributed by atoms with Crippen LogP contribution in [0, 0.1) is 0 Å². The van der Waals surface area contributed by atoms with Crippen LogP contribution in [0.1, 0.15) is 25.0 Å². The van der Waals surface area contributed by atoms with E-state index in [1.807, 2.05) is 32.0 Å². The minimum Gasteiger partial charge on any atom is -0.487 e. The number of hydrogen-bond donors (Lipinski definition) is 2. The molecule has 1 aromatic carbocycles.